The molecular weight excluding hydrogens is 222 g/mol. The molecule has 0 spiro atoms. The van der Waals surface area contributed by atoms with E-state index in [9.17, 15) is 0 Å². The van der Waals surface area contributed by atoms with Crippen LogP contribution in [0.25, 0.3) is 0 Å². The van der Waals surface area contributed by atoms with Gasteiger partial charge < -0.3 is 10.5 Å². The van der Waals surface area contributed by atoms with E-state index in [1.165, 1.54) is 11.3 Å². The Kier molecular flexibility index (Phi) is 2.51. The van der Waals surface area contributed by atoms with E-state index in [-0.39, 0.29) is 0 Å². The van der Waals surface area contributed by atoms with Crippen molar-refractivity contribution in [2.24, 2.45) is 0 Å². The van der Waals surface area contributed by atoms with Gasteiger partial charge in [0.1, 0.15) is 5.51 Å². The van der Waals surface area contributed by atoms with Crippen LogP contribution in [0.1, 0.15) is 0 Å². The van der Waals surface area contributed by atoms with Crippen LogP contribution in [0, 0.1) is 0 Å². The smallest absolute Gasteiger partial charge is 0.299 e. The summed E-state index contributed by atoms with van der Waals surface area (Å²) in [5.74, 6) is 0.495. The number of aromatic nitrogens is 2. The molecule has 0 amide bonds. The van der Waals surface area contributed by atoms with E-state index in [0.29, 0.717) is 21.7 Å². The van der Waals surface area contributed by atoms with Crippen LogP contribution >= 0.6 is 22.9 Å². The lowest BCUT2D eigenvalue weighted by Crippen LogP contribution is -1.91. The lowest BCUT2D eigenvalue weighted by atomic mass is 10.3. The maximum Gasteiger partial charge on any atom is 0.299 e. The summed E-state index contributed by atoms with van der Waals surface area (Å²) >= 11 is 7.08. The summed E-state index contributed by atoms with van der Waals surface area (Å²) in [7, 11) is 0. The molecule has 2 aromatic rings. The standard InChI is InChI=1S/C8H6ClN3OS/c9-5-1-2-6(10)7(3-5)13-8-12-11-4-14-8/h1-4H,10H2. The number of hydrogen-bond donors (Lipinski definition) is 1. The molecule has 0 fully saturated rings. The summed E-state index contributed by atoms with van der Waals surface area (Å²) in [6, 6.07) is 5.01. The molecule has 0 radical (unpaired) electrons. The Balaban J connectivity index is 2.28. The zero-order valence-electron chi connectivity index (χ0n) is 6.98. The first-order valence-corrected chi connectivity index (χ1v) is 5.00. The monoisotopic (exact) mass is 227 g/mol. The van der Waals surface area contributed by atoms with Gasteiger partial charge >= 0.3 is 0 Å². The highest BCUT2D eigenvalue weighted by atomic mass is 35.5. The van der Waals surface area contributed by atoms with E-state index in [2.05, 4.69) is 10.2 Å². The molecule has 0 saturated heterocycles. The maximum atomic E-state index is 5.79. The number of ether oxygens (including phenoxy) is 1. The molecule has 14 heavy (non-hydrogen) atoms. The van der Waals surface area contributed by atoms with Gasteiger partial charge in [-0.15, -0.1) is 5.10 Å². The molecule has 0 atom stereocenters. The summed E-state index contributed by atoms with van der Waals surface area (Å²) in [4.78, 5) is 0. The molecule has 4 nitrogen and oxygen atoms in total. The minimum Gasteiger partial charge on any atom is -0.428 e. The Labute approximate surface area is 89.3 Å². The van der Waals surface area contributed by atoms with Gasteiger partial charge in [-0.2, -0.15) is 0 Å². The van der Waals surface area contributed by atoms with Gasteiger partial charge in [0.05, 0.1) is 5.69 Å². The van der Waals surface area contributed by atoms with Gasteiger partial charge in [0.25, 0.3) is 5.19 Å². The predicted octanol–water partition coefficient (Wildman–Crippen LogP) is 2.57. The molecule has 0 aliphatic rings. The van der Waals surface area contributed by atoms with Gasteiger partial charge in [0, 0.05) is 11.1 Å². The molecule has 1 aromatic heterocycles. The molecule has 1 aromatic carbocycles. The SMILES string of the molecule is Nc1ccc(Cl)cc1Oc1nncs1. The zero-order chi connectivity index (χ0) is 9.97. The minimum atomic E-state index is 0.443. The molecule has 0 aliphatic carbocycles. The summed E-state index contributed by atoms with van der Waals surface area (Å²) in [5.41, 5.74) is 7.78. The van der Waals surface area contributed by atoms with Crippen molar-refractivity contribution in [2.45, 2.75) is 0 Å². The second-order valence-corrected chi connectivity index (χ2v) is 3.72. The first kappa shape index (κ1) is 9.23. The van der Waals surface area contributed by atoms with E-state index in [1.54, 1.807) is 23.7 Å². The fourth-order valence-corrected chi connectivity index (χ4v) is 1.48. The first-order chi connectivity index (χ1) is 6.75. The van der Waals surface area contributed by atoms with Crippen molar-refractivity contribution >= 4 is 28.6 Å². The largest absolute Gasteiger partial charge is 0.428 e. The molecule has 2 N–H and O–H groups in total. The van der Waals surface area contributed by atoms with Crippen molar-refractivity contribution < 1.29 is 4.74 Å². The van der Waals surface area contributed by atoms with Crippen molar-refractivity contribution in [3.05, 3.63) is 28.7 Å². The molecule has 6 heteroatoms. The molecule has 1 heterocycles. The van der Waals surface area contributed by atoms with E-state index >= 15 is 0 Å². The maximum absolute atomic E-state index is 5.79. The Morgan fingerprint density at radius 3 is 3.00 bits per heavy atom. The fourth-order valence-electron chi connectivity index (χ4n) is 0.898. The number of hydrogen-bond acceptors (Lipinski definition) is 5. The quantitative estimate of drug-likeness (QED) is 0.801. The number of nitrogens with two attached hydrogens (primary N) is 1. The first-order valence-electron chi connectivity index (χ1n) is 3.75. The number of nitrogens with zero attached hydrogens (tertiary/aromatic N) is 2. The van der Waals surface area contributed by atoms with Gasteiger partial charge in [0.2, 0.25) is 0 Å². The van der Waals surface area contributed by atoms with E-state index in [1.807, 2.05) is 0 Å². The molecule has 72 valence electrons. The normalized spacial score (nSPS) is 10.1. The number of anilines is 1. The number of benzene rings is 1. The van der Waals surface area contributed by atoms with Gasteiger partial charge in [0.15, 0.2) is 5.75 Å². The second-order valence-electron chi connectivity index (χ2n) is 2.49. The van der Waals surface area contributed by atoms with Gasteiger partial charge in [-0.25, -0.2) is 0 Å². The second kappa shape index (κ2) is 3.81. The molecule has 0 saturated carbocycles. The number of nitrogen functional groups attached to an aromatic ring is 1. The van der Waals surface area contributed by atoms with Crippen LogP contribution in [0.15, 0.2) is 23.7 Å². The van der Waals surface area contributed by atoms with E-state index in [4.69, 9.17) is 22.1 Å². The van der Waals surface area contributed by atoms with Crippen LogP contribution in [0.4, 0.5) is 5.69 Å². The van der Waals surface area contributed by atoms with Crippen LogP contribution < -0.4 is 10.5 Å². The van der Waals surface area contributed by atoms with Gasteiger partial charge in [-0.05, 0) is 12.1 Å². The summed E-state index contributed by atoms with van der Waals surface area (Å²) < 4.78 is 5.37. The van der Waals surface area contributed by atoms with Crippen LogP contribution in [0.5, 0.6) is 10.9 Å². The summed E-state index contributed by atoms with van der Waals surface area (Å²) in [6.45, 7) is 0. The van der Waals surface area contributed by atoms with Gasteiger partial charge in [-0.3, -0.25) is 0 Å². The van der Waals surface area contributed by atoms with Gasteiger partial charge in [-0.1, -0.05) is 28.0 Å². The van der Waals surface area contributed by atoms with Crippen LogP contribution in [-0.4, -0.2) is 10.2 Å². The topological polar surface area (TPSA) is 61.0 Å². The van der Waals surface area contributed by atoms with Crippen LogP contribution in [0.3, 0.4) is 0 Å². The minimum absolute atomic E-state index is 0.443. The summed E-state index contributed by atoms with van der Waals surface area (Å²) in [6.07, 6.45) is 0. The van der Waals surface area contributed by atoms with Crippen molar-refractivity contribution in [3.8, 4) is 10.9 Å². The van der Waals surface area contributed by atoms with Crippen molar-refractivity contribution in [2.75, 3.05) is 5.73 Å². The number of rotatable bonds is 2. The Morgan fingerprint density at radius 2 is 2.29 bits per heavy atom. The Morgan fingerprint density at radius 1 is 1.43 bits per heavy atom. The zero-order valence-corrected chi connectivity index (χ0v) is 8.55. The van der Waals surface area contributed by atoms with E-state index < -0.39 is 0 Å². The van der Waals surface area contributed by atoms with Crippen molar-refractivity contribution in [3.63, 3.8) is 0 Å². The lowest BCUT2D eigenvalue weighted by Gasteiger charge is -2.04. The van der Waals surface area contributed by atoms with E-state index in [0.717, 1.165) is 0 Å². The van der Waals surface area contributed by atoms with Crippen molar-refractivity contribution in [1.29, 1.82) is 0 Å². The Hall–Kier alpha value is -1.33. The highest BCUT2D eigenvalue weighted by molar-refractivity contribution is 7.11. The lowest BCUT2D eigenvalue weighted by molar-refractivity contribution is 0.475. The fraction of sp³-hybridized carbons (Fsp3) is 0. The Bertz CT molecular complexity index is 432. The molecule has 2 rings (SSSR count). The third-order valence-electron chi connectivity index (χ3n) is 1.51. The molecule has 0 bridgehead atoms. The highest BCUT2D eigenvalue weighted by Gasteiger charge is 2.04. The average Bonchev–Trinajstić information content (AvgIpc) is 2.64. The summed E-state index contributed by atoms with van der Waals surface area (Å²) in [5, 5.41) is 8.38. The third-order valence-corrected chi connectivity index (χ3v) is 2.31. The van der Waals surface area contributed by atoms with Crippen molar-refractivity contribution in [1.82, 2.24) is 10.2 Å². The highest BCUT2D eigenvalue weighted by Crippen LogP contribution is 2.30. The molecular formula is C8H6ClN3OS. The molecule has 0 aliphatic heterocycles. The average molecular weight is 228 g/mol. The predicted molar refractivity (Wildman–Crippen MR) is 55.8 cm³/mol. The third kappa shape index (κ3) is 1.94. The number of halogens is 1. The molecule has 0 unspecified atom stereocenters. The van der Waals surface area contributed by atoms with Crippen LogP contribution in [-0.2, 0) is 0 Å². The van der Waals surface area contributed by atoms with Crippen LogP contribution in [0.2, 0.25) is 5.02 Å².